The average Bonchev–Trinajstić information content (AvgIpc) is 2.69. The Balaban J connectivity index is 2.65. The number of carboxylic acid groups (broad SMARTS) is 1. The zero-order chi connectivity index (χ0) is 23.8. The molecular formula is C22H38N4O5. The molecular weight excluding hydrogens is 400 g/mol. The number of aliphatic carboxylic acids is 1. The molecule has 1 rings (SSSR count). The summed E-state index contributed by atoms with van der Waals surface area (Å²) in [6.45, 7) is 13.4. The van der Waals surface area contributed by atoms with Gasteiger partial charge in [0.1, 0.15) is 18.1 Å². The summed E-state index contributed by atoms with van der Waals surface area (Å²) >= 11 is 0. The molecule has 3 atom stereocenters. The Hall–Kier alpha value is -2.42. The Bertz CT molecular complexity index is 677. The van der Waals surface area contributed by atoms with Crippen molar-refractivity contribution in [1.29, 1.82) is 0 Å². The summed E-state index contributed by atoms with van der Waals surface area (Å²) in [5.74, 6) is -2.27. The highest BCUT2D eigenvalue weighted by atomic mass is 16.4. The van der Waals surface area contributed by atoms with Gasteiger partial charge in [-0.25, -0.2) is 5.43 Å². The van der Waals surface area contributed by atoms with Gasteiger partial charge in [0.05, 0.1) is 0 Å². The maximum Gasteiger partial charge on any atom is 0.322 e. The van der Waals surface area contributed by atoms with Crippen LogP contribution in [0.25, 0.3) is 0 Å². The molecule has 176 valence electrons. The summed E-state index contributed by atoms with van der Waals surface area (Å²) in [7, 11) is 0. The smallest absolute Gasteiger partial charge is 0.322 e. The van der Waals surface area contributed by atoms with Gasteiger partial charge in [0.25, 0.3) is 5.91 Å². The standard InChI is InChI=1S/C22H38N4O5/c1-7-11-22(5,6)12-10-17(27)24-18(14(2)3)19(28)23-15(4)20(29)26-13-8-9-16(25-26)21(30)31/h7,14-16,18,25H,1,8-13H2,2-6H3,(H,23,28)(H,24,27)(H,30,31)/t15-,16?,18-/m0/s1. The lowest BCUT2D eigenvalue weighted by molar-refractivity contribution is -0.148. The maximum atomic E-state index is 12.8. The van der Waals surface area contributed by atoms with E-state index in [1.807, 2.05) is 19.9 Å². The predicted molar refractivity (Wildman–Crippen MR) is 118 cm³/mol. The minimum Gasteiger partial charge on any atom is -0.480 e. The van der Waals surface area contributed by atoms with Gasteiger partial charge in [0.2, 0.25) is 11.8 Å². The second-order valence-electron chi connectivity index (χ2n) is 9.33. The minimum atomic E-state index is -1.02. The van der Waals surface area contributed by atoms with Crippen molar-refractivity contribution in [1.82, 2.24) is 21.1 Å². The number of carboxylic acids is 1. The monoisotopic (exact) mass is 438 g/mol. The minimum absolute atomic E-state index is 0.0507. The van der Waals surface area contributed by atoms with Crippen molar-refractivity contribution < 1.29 is 24.3 Å². The lowest BCUT2D eigenvalue weighted by Gasteiger charge is -2.34. The van der Waals surface area contributed by atoms with Crippen molar-refractivity contribution in [2.45, 2.75) is 84.8 Å². The highest BCUT2D eigenvalue weighted by molar-refractivity contribution is 5.92. The normalized spacial score (nSPS) is 18.8. The predicted octanol–water partition coefficient (Wildman–Crippen LogP) is 1.59. The fraction of sp³-hybridized carbons (Fsp3) is 0.727. The van der Waals surface area contributed by atoms with Crippen LogP contribution in [0.5, 0.6) is 0 Å². The Kier molecular flexibility index (Phi) is 10.2. The summed E-state index contributed by atoms with van der Waals surface area (Å²) in [5, 5.41) is 15.8. The fourth-order valence-electron chi connectivity index (χ4n) is 3.45. The van der Waals surface area contributed by atoms with Gasteiger partial charge >= 0.3 is 5.97 Å². The van der Waals surface area contributed by atoms with Crippen LogP contribution in [0.3, 0.4) is 0 Å². The first-order valence-electron chi connectivity index (χ1n) is 10.9. The van der Waals surface area contributed by atoms with E-state index in [1.165, 1.54) is 5.01 Å². The number of rotatable bonds is 11. The van der Waals surface area contributed by atoms with E-state index in [1.54, 1.807) is 6.92 Å². The van der Waals surface area contributed by atoms with Gasteiger partial charge in [-0.05, 0) is 43.9 Å². The zero-order valence-corrected chi connectivity index (χ0v) is 19.4. The summed E-state index contributed by atoms with van der Waals surface area (Å²) in [6, 6.07) is -2.46. The molecule has 9 heteroatoms. The topological polar surface area (TPSA) is 128 Å². The molecule has 1 saturated heterocycles. The number of nitrogens with zero attached hydrogens (tertiary/aromatic N) is 1. The molecule has 9 nitrogen and oxygen atoms in total. The molecule has 1 fully saturated rings. The molecule has 0 aliphatic carbocycles. The van der Waals surface area contributed by atoms with Crippen molar-refractivity contribution in [2.24, 2.45) is 11.3 Å². The number of allylic oxidation sites excluding steroid dienone is 1. The van der Waals surface area contributed by atoms with E-state index in [4.69, 9.17) is 5.11 Å². The van der Waals surface area contributed by atoms with E-state index in [-0.39, 0.29) is 17.2 Å². The number of nitrogens with one attached hydrogen (secondary N) is 3. The van der Waals surface area contributed by atoms with Gasteiger partial charge in [-0.3, -0.25) is 24.2 Å². The molecule has 1 heterocycles. The van der Waals surface area contributed by atoms with Gasteiger partial charge in [-0.2, -0.15) is 0 Å². The second kappa shape index (κ2) is 11.8. The third-order valence-corrected chi connectivity index (χ3v) is 5.47. The van der Waals surface area contributed by atoms with Crippen LogP contribution < -0.4 is 16.1 Å². The number of carbonyl (C=O) groups excluding carboxylic acids is 3. The summed E-state index contributed by atoms with van der Waals surface area (Å²) in [4.78, 5) is 49.0. The Morgan fingerprint density at radius 3 is 2.42 bits per heavy atom. The molecule has 1 aliphatic heterocycles. The molecule has 31 heavy (non-hydrogen) atoms. The molecule has 1 aliphatic rings. The van der Waals surface area contributed by atoms with Crippen molar-refractivity contribution in [2.75, 3.05) is 6.54 Å². The van der Waals surface area contributed by atoms with Crippen LogP contribution in [0, 0.1) is 11.3 Å². The van der Waals surface area contributed by atoms with Crippen molar-refractivity contribution in [3.63, 3.8) is 0 Å². The van der Waals surface area contributed by atoms with Crippen LogP contribution >= 0.6 is 0 Å². The van der Waals surface area contributed by atoms with Crippen LogP contribution in [-0.2, 0) is 19.2 Å². The molecule has 0 radical (unpaired) electrons. The maximum absolute atomic E-state index is 12.8. The number of carbonyl (C=O) groups is 4. The van der Waals surface area contributed by atoms with Crippen LogP contribution in [0.1, 0.15) is 66.7 Å². The highest BCUT2D eigenvalue weighted by Gasteiger charge is 2.32. The number of hydrogen-bond donors (Lipinski definition) is 4. The van der Waals surface area contributed by atoms with Crippen molar-refractivity contribution in [3.05, 3.63) is 12.7 Å². The second-order valence-corrected chi connectivity index (χ2v) is 9.33. The molecule has 0 bridgehead atoms. The van der Waals surface area contributed by atoms with Crippen molar-refractivity contribution in [3.8, 4) is 0 Å². The van der Waals surface area contributed by atoms with Gasteiger partial charge in [-0.1, -0.05) is 33.8 Å². The Morgan fingerprint density at radius 2 is 1.87 bits per heavy atom. The number of hydrazine groups is 1. The summed E-state index contributed by atoms with van der Waals surface area (Å²) in [6.07, 6.45) is 4.57. The van der Waals surface area contributed by atoms with E-state index >= 15 is 0 Å². The molecule has 1 unspecified atom stereocenters. The van der Waals surface area contributed by atoms with E-state index in [2.05, 4.69) is 36.5 Å². The quantitative estimate of drug-likeness (QED) is 0.363. The molecule has 0 aromatic heterocycles. The number of hydrogen-bond acceptors (Lipinski definition) is 5. The Labute approximate surface area is 185 Å². The molecule has 3 amide bonds. The third kappa shape index (κ3) is 8.69. The zero-order valence-electron chi connectivity index (χ0n) is 19.4. The first-order chi connectivity index (χ1) is 14.4. The summed E-state index contributed by atoms with van der Waals surface area (Å²) < 4.78 is 0. The molecule has 0 spiro atoms. The third-order valence-electron chi connectivity index (χ3n) is 5.47. The van der Waals surface area contributed by atoms with Crippen molar-refractivity contribution >= 4 is 23.7 Å². The van der Waals surface area contributed by atoms with Gasteiger partial charge < -0.3 is 15.7 Å². The molecule has 4 N–H and O–H groups in total. The lowest BCUT2D eigenvalue weighted by atomic mass is 9.84. The number of amides is 3. The molecule has 0 saturated carbocycles. The first-order valence-corrected chi connectivity index (χ1v) is 10.9. The summed E-state index contributed by atoms with van der Waals surface area (Å²) in [5.41, 5.74) is 2.64. The van der Waals surface area contributed by atoms with E-state index < -0.39 is 35.9 Å². The van der Waals surface area contributed by atoms with Crippen LogP contribution in [0.15, 0.2) is 12.7 Å². The van der Waals surface area contributed by atoms with Crippen LogP contribution in [0.2, 0.25) is 0 Å². The van der Waals surface area contributed by atoms with E-state index in [0.717, 1.165) is 6.42 Å². The van der Waals surface area contributed by atoms with Gasteiger partial charge in [-0.15, -0.1) is 6.58 Å². The molecule has 0 aromatic carbocycles. The van der Waals surface area contributed by atoms with E-state index in [9.17, 15) is 19.2 Å². The van der Waals surface area contributed by atoms with Crippen LogP contribution in [0.4, 0.5) is 0 Å². The lowest BCUT2D eigenvalue weighted by Crippen LogP contribution is -2.60. The fourth-order valence-corrected chi connectivity index (χ4v) is 3.45. The van der Waals surface area contributed by atoms with Gasteiger partial charge in [0.15, 0.2) is 0 Å². The van der Waals surface area contributed by atoms with Crippen LogP contribution in [-0.4, -0.2) is 58.5 Å². The van der Waals surface area contributed by atoms with Gasteiger partial charge in [0, 0.05) is 13.0 Å². The SMILES string of the molecule is C=CCC(C)(C)CCC(=O)N[C@H](C(=O)N[C@@H](C)C(=O)N1CCCC(C(=O)O)N1)C(C)C. The highest BCUT2D eigenvalue weighted by Crippen LogP contribution is 2.26. The van der Waals surface area contributed by atoms with E-state index in [0.29, 0.717) is 32.2 Å². The Morgan fingerprint density at radius 1 is 1.23 bits per heavy atom. The first kappa shape index (κ1) is 26.6. The largest absolute Gasteiger partial charge is 0.480 e. The molecule has 0 aromatic rings. The average molecular weight is 439 g/mol.